The summed E-state index contributed by atoms with van der Waals surface area (Å²) in [5.41, 5.74) is 1.05. The summed E-state index contributed by atoms with van der Waals surface area (Å²) in [6, 6.07) is 1.82. The van der Waals surface area contributed by atoms with Gasteiger partial charge in [0.1, 0.15) is 0 Å². The third-order valence-corrected chi connectivity index (χ3v) is 5.71. The number of carboxylic acid groups (broad SMARTS) is 1. The molecule has 0 aromatic carbocycles. The van der Waals surface area contributed by atoms with Crippen LogP contribution in [-0.2, 0) is 22.4 Å². The molecule has 0 radical (unpaired) electrons. The normalized spacial score (nSPS) is 16.6. The Kier molecular flexibility index (Phi) is 7.38. The summed E-state index contributed by atoms with van der Waals surface area (Å²) in [6.07, 6.45) is 0.142. The van der Waals surface area contributed by atoms with Gasteiger partial charge in [-0.3, -0.25) is 4.79 Å². The minimum Gasteiger partial charge on any atom is -0.475 e. The van der Waals surface area contributed by atoms with Gasteiger partial charge in [-0.1, -0.05) is 0 Å². The van der Waals surface area contributed by atoms with Crippen LogP contribution < -0.4 is 4.90 Å². The SMILES string of the molecule is O=C(O)C(F)(F)F.O=C(c1nc2c(s1)CCN(c1ncccn1)CC2)N1CCOCC1. The second-order valence-electron chi connectivity index (χ2n) is 6.63. The molecule has 1 saturated heterocycles. The fourth-order valence-corrected chi connectivity index (χ4v) is 4.08. The van der Waals surface area contributed by atoms with Gasteiger partial charge in [-0.05, 0) is 6.07 Å². The van der Waals surface area contributed by atoms with Crippen molar-refractivity contribution in [2.24, 2.45) is 0 Å². The Morgan fingerprint density at radius 2 is 1.68 bits per heavy atom. The highest BCUT2D eigenvalue weighted by Crippen LogP contribution is 2.25. The number of hydrogen-bond acceptors (Lipinski definition) is 8. The number of rotatable bonds is 2. The molecule has 0 saturated carbocycles. The minimum atomic E-state index is -5.08. The van der Waals surface area contributed by atoms with Crippen LogP contribution in [0.1, 0.15) is 20.4 Å². The molecule has 2 aromatic heterocycles. The lowest BCUT2D eigenvalue weighted by atomic mass is 10.2. The monoisotopic (exact) mass is 459 g/mol. The van der Waals surface area contributed by atoms with E-state index >= 15 is 0 Å². The third kappa shape index (κ3) is 6.10. The Hall–Kier alpha value is -2.80. The molecule has 0 spiro atoms. The number of alkyl halides is 3. The molecule has 9 nitrogen and oxygen atoms in total. The number of nitrogens with zero attached hydrogens (tertiary/aromatic N) is 5. The van der Waals surface area contributed by atoms with E-state index < -0.39 is 12.1 Å². The van der Waals surface area contributed by atoms with Crippen LogP contribution in [0.2, 0.25) is 0 Å². The molecule has 0 aliphatic carbocycles. The highest BCUT2D eigenvalue weighted by Gasteiger charge is 2.38. The van der Waals surface area contributed by atoms with Gasteiger partial charge < -0.3 is 19.6 Å². The van der Waals surface area contributed by atoms with Crippen LogP contribution >= 0.6 is 11.3 Å². The quantitative estimate of drug-likeness (QED) is 0.722. The number of aliphatic carboxylic acids is 1. The van der Waals surface area contributed by atoms with E-state index in [2.05, 4.69) is 19.9 Å². The molecule has 31 heavy (non-hydrogen) atoms. The first-order chi connectivity index (χ1) is 14.8. The highest BCUT2D eigenvalue weighted by atomic mass is 32.1. The van der Waals surface area contributed by atoms with Gasteiger partial charge >= 0.3 is 12.1 Å². The molecule has 1 fully saturated rings. The number of thiazole rings is 1. The summed E-state index contributed by atoms with van der Waals surface area (Å²) in [5.74, 6) is -1.95. The average molecular weight is 459 g/mol. The van der Waals surface area contributed by atoms with Gasteiger partial charge in [0.25, 0.3) is 5.91 Å². The van der Waals surface area contributed by atoms with E-state index in [-0.39, 0.29) is 5.91 Å². The summed E-state index contributed by atoms with van der Waals surface area (Å²) >= 11 is 1.54. The first-order valence-corrected chi connectivity index (χ1v) is 10.2. The van der Waals surface area contributed by atoms with Gasteiger partial charge in [0.2, 0.25) is 5.95 Å². The first kappa shape index (κ1) is 22.9. The number of carbonyl (C=O) groups excluding carboxylic acids is 1. The lowest BCUT2D eigenvalue weighted by molar-refractivity contribution is -0.192. The van der Waals surface area contributed by atoms with Crippen LogP contribution in [0.4, 0.5) is 19.1 Å². The maximum Gasteiger partial charge on any atom is 0.490 e. The predicted molar refractivity (Wildman–Crippen MR) is 104 cm³/mol. The maximum absolute atomic E-state index is 12.6. The fourth-order valence-electron chi connectivity index (χ4n) is 3.01. The summed E-state index contributed by atoms with van der Waals surface area (Å²) < 4.78 is 37.0. The van der Waals surface area contributed by atoms with Crippen molar-refractivity contribution < 1.29 is 32.6 Å². The second-order valence-corrected chi connectivity index (χ2v) is 7.72. The number of ether oxygens (including phenoxy) is 1. The average Bonchev–Trinajstić information content (AvgIpc) is 3.07. The number of fused-ring (bicyclic) bond motifs is 1. The third-order valence-electron chi connectivity index (χ3n) is 4.56. The van der Waals surface area contributed by atoms with Crippen molar-refractivity contribution in [2.75, 3.05) is 44.3 Å². The topological polar surface area (TPSA) is 109 Å². The molecule has 4 heterocycles. The van der Waals surface area contributed by atoms with Gasteiger partial charge in [-0.25, -0.2) is 19.7 Å². The van der Waals surface area contributed by atoms with Gasteiger partial charge in [-0.2, -0.15) is 13.2 Å². The number of hydrogen-bond donors (Lipinski definition) is 1. The van der Waals surface area contributed by atoms with Crippen LogP contribution in [0.3, 0.4) is 0 Å². The lowest BCUT2D eigenvalue weighted by Gasteiger charge is -2.25. The smallest absolute Gasteiger partial charge is 0.475 e. The molecular formula is C18H20F3N5O4S. The van der Waals surface area contributed by atoms with Gasteiger partial charge in [0.15, 0.2) is 5.01 Å². The Morgan fingerprint density at radius 3 is 2.29 bits per heavy atom. The van der Waals surface area contributed by atoms with Crippen LogP contribution in [-0.4, -0.2) is 82.4 Å². The van der Waals surface area contributed by atoms with E-state index in [0.717, 1.165) is 37.6 Å². The Labute approximate surface area is 179 Å². The van der Waals surface area contributed by atoms with Crippen molar-refractivity contribution in [1.82, 2.24) is 19.9 Å². The van der Waals surface area contributed by atoms with Crippen LogP contribution in [0, 0.1) is 0 Å². The zero-order chi connectivity index (χ0) is 22.4. The van der Waals surface area contributed by atoms with Crippen molar-refractivity contribution in [3.8, 4) is 0 Å². The van der Waals surface area contributed by atoms with Crippen LogP contribution in [0.15, 0.2) is 18.5 Å². The Morgan fingerprint density at radius 1 is 1.06 bits per heavy atom. The van der Waals surface area contributed by atoms with Crippen LogP contribution in [0.5, 0.6) is 0 Å². The van der Waals surface area contributed by atoms with E-state index in [4.69, 9.17) is 14.6 Å². The number of carbonyl (C=O) groups is 2. The zero-order valence-corrected chi connectivity index (χ0v) is 17.2. The molecule has 0 atom stereocenters. The van der Waals surface area contributed by atoms with Gasteiger partial charge in [-0.15, -0.1) is 11.3 Å². The molecule has 2 aliphatic rings. The van der Waals surface area contributed by atoms with E-state index in [0.29, 0.717) is 31.3 Å². The molecule has 13 heteroatoms. The number of aromatic nitrogens is 3. The standard InChI is InChI=1S/C16H19N5O2S.C2HF3O2/c22-15(20-8-10-23-11-9-20)14-19-12-2-6-21(7-3-13(12)24-14)16-17-4-1-5-18-16;3-2(4,5)1(6)7/h1,4-5H,2-3,6-11H2;(H,6,7). The van der Waals surface area contributed by atoms with Crippen molar-refractivity contribution in [3.63, 3.8) is 0 Å². The van der Waals surface area contributed by atoms with Crippen molar-refractivity contribution in [2.45, 2.75) is 19.0 Å². The molecule has 0 bridgehead atoms. The molecule has 2 aliphatic heterocycles. The molecular weight excluding hydrogens is 439 g/mol. The van der Waals surface area contributed by atoms with E-state index in [1.165, 1.54) is 16.2 Å². The summed E-state index contributed by atoms with van der Waals surface area (Å²) in [4.78, 5) is 40.0. The molecule has 4 rings (SSSR count). The minimum absolute atomic E-state index is 0.0413. The zero-order valence-electron chi connectivity index (χ0n) is 16.3. The highest BCUT2D eigenvalue weighted by molar-refractivity contribution is 7.13. The molecule has 2 aromatic rings. The largest absolute Gasteiger partial charge is 0.490 e. The second kappa shape index (κ2) is 10.0. The predicted octanol–water partition coefficient (Wildman–Crippen LogP) is 1.64. The summed E-state index contributed by atoms with van der Waals surface area (Å²) in [7, 11) is 0. The molecule has 0 unspecified atom stereocenters. The lowest BCUT2D eigenvalue weighted by Crippen LogP contribution is -2.40. The molecule has 1 N–H and O–H groups in total. The number of carboxylic acids is 1. The summed E-state index contributed by atoms with van der Waals surface area (Å²) in [5, 5.41) is 7.74. The van der Waals surface area contributed by atoms with Gasteiger partial charge in [0.05, 0.1) is 18.9 Å². The van der Waals surface area contributed by atoms with E-state index in [1.807, 2.05) is 11.0 Å². The van der Waals surface area contributed by atoms with Gasteiger partial charge in [0, 0.05) is 56.3 Å². The van der Waals surface area contributed by atoms with Crippen LogP contribution in [0.25, 0.3) is 0 Å². The maximum atomic E-state index is 12.6. The number of morpholine rings is 1. The Bertz CT molecular complexity index is 878. The van der Waals surface area contributed by atoms with Crippen molar-refractivity contribution in [3.05, 3.63) is 34.0 Å². The van der Waals surface area contributed by atoms with Crippen molar-refractivity contribution >= 4 is 29.2 Å². The Balaban J connectivity index is 0.000000339. The molecule has 1 amide bonds. The number of anilines is 1. The summed E-state index contributed by atoms with van der Waals surface area (Å²) in [6.45, 7) is 4.21. The fraction of sp³-hybridized carbons (Fsp3) is 0.500. The van der Waals surface area contributed by atoms with E-state index in [1.54, 1.807) is 12.4 Å². The number of amides is 1. The molecule has 168 valence electrons. The first-order valence-electron chi connectivity index (χ1n) is 9.43. The van der Waals surface area contributed by atoms with E-state index in [9.17, 15) is 18.0 Å². The number of halogens is 3. The van der Waals surface area contributed by atoms with Crippen molar-refractivity contribution in [1.29, 1.82) is 0 Å².